The molecular formula is C22H27F3N2O4. The van der Waals surface area contributed by atoms with E-state index in [9.17, 15) is 18.0 Å². The zero-order valence-electron chi connectivity index (χ0n) is 18.2. The molecule has 0 bridgehead atoms. The van der Waals surface area contributed by atoms with Gasteiger partial charge in [-0.1, -0.05) is 33.8 Å². The second kappa shape index (κ2) is 9.89. The van der Waals surface area contributed by atoms with Gasteiger partial charge in [0.05, 0.1) is 13.7 Å². The fraction of sp³-hybridized carbons (Fsp3) is 0.455. The number of anilines is 1. The van der Waals surface area contributed by atoms with Crippen molar-refractivity contribution in [3.8, 4) is 22.6 Å². The van der Waals surface area contributed by atoms with Crippen LogP contribution >= 0.6 is 0 Å². The topological polar surface area (TPSA) is 69.7 Å². The number of ether oxygens (including phenoxy) is 3. The molecule has 6 nitrogen and oxygen atoms in total. The molecule has 1 N–H and O–H groups in total. The molecule has 1 heterocycles. The van der Waals surface area contributed by atoms with Crippen molar-refractivity contribution >= 4 is 11.9 Å². The van der Waals surface area contributed by atoms with Crippen LogP contribution in [0, 0.1) is 11.3 Å². The van der Waals surface area contributed by atoms with Crippen molar-refractivity contribution in [3.05, 3.63) is 36.5 Å². The fourth-order valence-corrected chi connectivity index (χ4v) is 3.28. The summed E-state index contributed by atoms with van der Waals surface area (Å²) in [5, 5.41) is 2.41. The highest BCUT2D eigenvalue weighted by Crippen LogP contribution is 2.38. The van der Waals surface area contributed by atoms with E-state index in [0.717, 1.165) is 6.42 Å². The lowest BCUT2D eigenvalue weighted by Gasteiger charge is -2.27. The highest BCUT2D eigenvalue weighted by atomic mass is 19.4. The maximum Gasteiger partial charge on any atom is 0.573 e. The van der Waals surface area contributed by atoms with Gasteiger partial charge in [-0.2, -0.15) is 0 Å². The van der Waals surface area contributed by atoms with Gasteiger partial charge in [-0.3, -0.25) is 5.32 Å². The van der Waals surface area contributed by atoms with Crippen molar-refractivity contribution in [2.24, 2.45) is 11.3 Å². The molecule has 31 heavy (non-hydrogen) atoms. The molecule has 1 aromatic heterocycles. The monoisotopic (exact) mass is 440 g/mol. The molecule has 0 aliphatic carbocycles. The van der Waals surface area contributed by atoms with Crippen LogP contribution in [0.25, 0.3) is 11.1 Å². The smallest absolute Gasteiger partial charge is 0.489 e. The van der Waals surface area contributed by atoms with Gasteiger partial charge in [0, 0.05) is 6.20 Å². The summed E-state index contributed by atoms with van der Waals surface area (Å²) in [6.45, 7) is 8.39. The average Bonchev–Trinajstić information content (AvgIpc) is 2.65. The lowest BCUT2D eigenvalue weighted by Crippen LogP contribution is -2.24. The highest BCUT2D eigenvalue weighted by Gasteiger charge is 2.33. The number of carbonyl (C=O) groups excluding carboxylic acids is 1. The third kappa shape index (κ3) is 7.99. The van der Waals surface area contributed by atoms with E-state index in [-0.39, 0.29) is 23.6 Å². The van der Waals surface area contributed by atoms with E-state index < -0.39 is 18.2 Å². The molecular weight excluding hydrogens is 413 g/mol. The molecule has 1 amide bonds. The van der Waals surface area contributed by atoms with Crippen LogP contribution in [0.5, 0.6) is 11.5 Å². The molecule has 170 valence electrons. The standard InChI is InChI=1S/C22H27F3N2O4/c1-14(2)12-21(3,4)13-30-17-7-6-15(10-18(17)31-22(23,24)25)16-8-9-26-19(11-16)27-20(28)29-5/h6-11,14H,12-13H2,1-5H3,(H,26,27,28). The van der Waals surface area contributed by atoms with Crippen LogP contribution in [-0.2, 0) is 4.74 Å². The van der Waals surface area contributed by atoms with E-state index in [0.29, 0.717) is 17.0 Å². The molecule has 1 aromatic carbocycles. The SMILES string of the molecule is COC(=O)Nc1cc(-c2ccc(OCC(C)(C)CC(C)C)c(OC(F)(F)F)c2)ccn1. The van der Waals surface area contributed by atoms with Gasteiger partial charge >= 0.3 is 12.5 Å². The highest BCUT2D eigenvalue weighted by molar-refractivity contribution is 5.84. The molecule has 0 saturated heterocycles. The Morgan fingerprint density at radius 1 is 1.10 bits per heavy atom. The molecule has 0 atom stereocenters. The minimum absolute atomic E-state index is 0.000119. The van der Waals surface area contributed by atoms with Crippen LogP contribution in [-0.4, -0.2) is 31.2 Å². The summed E-state index contributed by atoms with van der Waals surface area (Å²) in [7, 11) is 1.21. The predicted molar refractivity (Wildman–Crippen MR) is 111 cm³/mol. The first kappa shape index (κ1) is 24.3. The molecule has 0 unspecified atom stereocenters. The second-order valence-electron chi connectivity index (χ2n) is 8.31. The lowest BCUT2D eigenvalue weighted by atomic mass is 9.85. The van der Waals surface area contributed by atoms with Crippen molar-refractivity contribution in [2.75, 3.05) is 19.0 Å². The number of alkyl halides is 3. The van der Waals surface area contributed by atoms with Gasteiger partial charge in [-0.15, -0.1) is 13.2 Å². The number of benzene rings is 1. The fourth-order valence-electron chi connectivity index (χ4n) is 3.28. The first-order valence-electron chi connectivity index (χ1n) is 9.72. The van der Waals surface area contributed by atoms with Crippen molar-refractivity contribution in [3.63, 3.8) is 0 Å². The Morgan fingerprint density at radius 3 is 2.39 bits per heavy atom. The van der Waals surface area contributed by atoms with Crippen molar-refractivity contribution in [2.45, 2.75) is 40.5 Å². The summed E-state index contributed by atoms with van der Waals surface area (Å²) in [6.07, 6.45) is -3.31. The van der Waals surface area contributed by atoms with Crippen molar-refractivity contribution in [1.82, 2.24) is 4.98 Å². The Kier molecular flexibility index (Phi) is 7.75. The number of methoxy groups -OCH3 is 1. The predicted octanol–water partition coefficient (Wildman–Crippen LogP) is 6.28. The molecule has 0 fully saturated rings. The molecule has 0 radical (unpaired) electrons. The van der Waals surface area contributed by atoms with E-state index in [2.05, 4.69) is 33.6 Å². The molecule has 0 aliphatic heterocycles. The summed E-state index contributed by atoms with van der Waals surface area (Å²) in [4.78, 5) is 15.4. The van der Waals surface area contributed by atoms with E-state index in [1.165, 1.54) is 31.5 Å². The Labute approximate surface area is 179 Å². The number of aromatic nitrogens is 1. The molecule has 0 aliphatic rings. The normalized spacial score (nSPS) is 11.9. The van der Waals surface area contributed by atoms with E-state index >= 15 is 0 Å². The second-order valence-corrected chi connectivity index (χ2v) is 8.31. The third-order valence-corrected chi connectivity index (χ3v) is 4.26. The number of carbonyl (C=O) groups is 1. The largest absolute Gasteiger partial charge is 0.573 e. The van der Waals surface area contributed by atoms with E-state index in [4.69, 9.17) is 4.74 Å². The lowest BCUT2D eigenvalue weighted by molar-refractivity contribution is -0.275. The summed E-state index contributed by atoms with van der Waals surface area (Å²) in [5.41, 5.74) is 0.741. The molecule has 2 aromatic rings. The number of hydrogen-bond donors (Lipinski definition) is 1. The maximum absolute atomic E-state index is 13.0. The van der Waals surface area contributed by atoms with E-state index in [1.807, 2.05) is 13.8 Å². The van der Waals surface area contributed by atoms with Gasteiger partial charge < -0.3 is 14.2 Å². The zero-order valence-corrected chi connectivity index (χ0v) is 18.2. The first-order chi connectivity index (χ1) is 14.4. The molecule has 9 heteroatoms. The molecule has 0 saturated carbocycles. The summed E-state index contributed by atoms with van der Waals surface area (Å²) in [5.74, 6) is 0.175. The quantitative estimate of drug-likeness (QED) is 0.523. The van der Waals surface area contributed by atoms with Crippen LogP contribution in [0.2, 0.25) is 0 Å². The number of nitrogens with one attached hydrogen (secondary N) is 1. The first-order valence-corrected chi connectivity index (χ1v) is 9.72. The summed E-state index contributed by atoms with van der Waals surface area (Å²) >= 11 is 0. The minimum atomic E-state index is -4.87. The average molecular weight is 440 g/mol. The van der Waals surface area contributed by atoms with Gasteiger partial charge in [-0.25, -0.2) is 9.78 Å². The van der Waals surface area contributed by atoms with Gasteiger partial charge in [0.1, 0.15) is 5.82 Å². The van der Waals surface area contributed by atoms with Crippen molar-refractivity contribution in [1.29, 1.82) is 0 Å². The Balaban J connectivity index is 2.32. The number of amides is 1. The zero-order chi connectivity index (χ0) is 23.2. The van der Waals surface area contributed by atoms with Gasteiger partial charge in [-0.05, 0) is 53.1 Å². The van der Waals surface area contributed by atoms with Crippen LogP contribution in [0.1, 0.15) is 34.1 Å². The maximum atomic E-state index is 13.0. The number of pyridine rings is 1. The van der Waals surface area contributed by atoms with Crippen LogP contribution in [0.3, 0.4) is 0 Å². The van der Waals surface area contributed by atoms with E-state index in [1.54, 1.807) is 12.1 Å². The Bertz CT molecular complexity index is 899. The van der Waals surface area contributed by atoms with Crippen LogP contribution in [0.4, 0.5) is 23.8 Å². The van der Waals surface area contributed by atoms with Gasteiger partial charge in [0.15, 0.2) is 11.5 Å². The summed E-state index contributed by atoms with van der Waals surface area (Å²) < 4.78 is 53.5. The van der Waals surface area contributed by atoms with Gasteiger partial charge in [0.25, 0.3) is 0 Å². The Morgan fingerprint density at radius 2 is 1.77 bits per heavy atom. The van der Waals surface area contributed by atoms with Gasteiger partial charge in [0.2, 0.25) is 0 Å². The number of hydrogen-bond acceptors (Lipinski definition) is 5. The number of rotatable bonds is 8. The third-order valence-electron chi connectivity index (χ3n) is 4.26. The Hall–Kier alpha value is -2.97. The van der Waals surface area contributed by atoms with Crippen LogP contribution in [0.15, 0.2) is 36.5 Å². The minimum Gasteiger partial charge on any atom is -0.489 e. The van der Waals surface area contributed by atoms with Crippen molar-refractivity contribution < 1.29 is 32.2 Å². The molecule has 0 spiro atoms. The number of nitrogens with zero attached hydrogens (tertiary/aromatic N) is 1. The van der Waals surface area contributed by atoms with Crippen LogP contribution < -0.4 is 14.8 Å². The summed E-state index contributed by atoms with van der Waals surface area (Å²) in [6, 6.07) is 7.41. The number of halogens is 3. The molecule has 2 rings (SSSR count).